The largest absolute Gasteiger partial charge is 0.320 e. The number of benzene rings is 2. The van der Waals surface area contributed by atoms with E-state index in [4.69, 9.17) is 6.57 Å². The third-order valence-electron chi connectivity index (χ3n) is 4.76. The van der Waals surface area contributed by atoms with E-state index >= 15 is 0 Å². The molecule has 128 valence electrons. The lowest BCUT2D eigenvalue weighted by atomic mass is 10.0. The van der Waals surface area contributed by atoms with Crippen molar-refractivity contribution in [3.05, 3.63) is 82.8 Å². The molecule has 0 saturated heterocycles. The zero-order valence-electron chi connectivity index (χ0n) is 15.2. The molecule has 0 fully saturated rings. The van der Waals surface area contributed by atoms with E-state index in [1.165, 1.54) is 22.4 Å². The Bertz CT molecular complexity index is 995. The molecule has 0 saturated carbocycles. The fourth-order valence-corrected chi connectivity index (χ4v) is 3.79. The van der Waals surface area contributed by atoms with Crippen molar-refractivity contribution in [3.63, 3.8) is 0 Å². The van der Waals surface area contributed by atoms with Crippen molar-refractivity contribution in [2.24, 2.45) is 0 Å². The highest BCUT2D eigenvalue weighted by Crippen LogP contribution is 2.45. The molecule has 4 rings (SSSR count). The second-order valence-electron chi connectivity index (χ2n) is 6.73. The Morgan fingerprint density at radius 3 is 2.31 bits per heavy atom. The average molecular weight is 340 g/mol. The van der Waals surface area contributed by atoms with Gasteiger partial charge in [-0.05, 0) is 50.1 Å². The Hall–Kier alpha value is -3.32. The van der Waals surface area contributed by atoms with Crippen LogP contribution in [0.2, 0.25) is 0 Å². The van der Waals surface area contributed by atoms with E-state index in [1.807, 2.05) is 24.3 Å². The van der Waals surface area contributed by atoms with E-state index in [0.717, 1.165) is 17.2 Å². The molecule has 1 aliphatic heterocycles. The maximum atomic E-state index is 7.36. The van der Waals surface area contributed by atoms with Crippen molar-refractivity contribution in [2.45, 2.75) is 20.8 Å². The van der Waals surface area contributed by atoms with Crippen LogP contribution in [0.3, 0.4) is 0 Å². The summed E-state index contributed by atoms with van der Waals surface area (Å²) in [6.45, 7) is 14.4. The highest BCUT2D eigenvalue weighted by molar-refractivity contribution is 5.87. The van der Waals surface area contributed by atoms with Gasteiger partial charge in [-0.25, -0.2) is 9.83 Å². The highest BCUT2D eigenvalue weighted by atomic mass is 15.4. The SMILES string of the molecule is [C-]#[N+]c1cnc2c(c1)N(c1c(C)cc(C)cc1C)CN2c1ccccc1. The summed E-state index contributed by atoms with van der Waals surface area (Å²) in [6, 6.07) is 16.6. The number of hydrogen-bond donors (Lipinski definition) is 0. The topological polar surface area (TPSA) is 23.7 Å². The van der Waals surface area contributed by atoms with Gasteiger partial charge in [0.2, 0.25) is 5.69 Å². The van der Waals surface area contributed by atoms with Gasteiger partial charge in [0, 0.05) is 17.6 Å². The molecule has 4 nitrogen and oxygen atoms in total. The van der Waals surface area contributed by atoms with E-state index in [2.05, 4.69) is 64.7 Å². The van der Waals surface area contributed by atoms with Gasteiger partial charge in [-0.2, -0.15) is 0 Å². The molecule has 0 amide bonds. The van der Waals surface area contributed by atoms with Crippen LogP contribution < -0.4 is 9.80 Å². The third kappa shape index (κ3) is 2.58. The van der Waals surface area contributed by atoms with Gasteiger partial charge < -0.3 is 9.80 Å². The van der Waals surface area contributed by atoms with Gasteiger partial charge in [-0.3, -0.25) is 0 Å². The number of pyridine rings is 1. The predicted molar refractivity (Wildman–Crippen MR) is 107 cm³/mol. The van der Waals surface area contributed by atoms with Gasteiger partial charge in [-0.1, -0.05) is 35.9 Å². The van der Waals surface area contributed by atoms with Gasteiger partial charge >= 0.3 is 0 Å². The maximum absolute atomic E-state index is 7.36. The minimum absolute atomic E-state index is 0.561. The first kappa shape index (κ1) is 16.2. The molecule has 2 aromatic carbocycles. The van der Waals surface area contributed by atoms with Crippen LogP contribution in [0, 0.1) is 27.3 Å². The zero-order valence-corrected chi connectivity index (χ0v) is 15.2. The lowest BCUT2D eigenvalue weighted by Gasteiger charge is -2.25. The van der Waals surface area contributed by atoms with E-state index in [9.17, 15) is 0 Å². The van der Waals surface area contributed by atoms with E-state index < -0.39 is 0 Å². The molecule has 0 aliphatic carbocycles. The number of anilines is 4. The molecule has 0 spiro atoms. The van der Waals surface area contributed by atoms with Crippen molar-refractivity contribution >= 4 is 28.6 Å². The number of aromatic nitrogens is 1. The van der Waals surface area contributed by atoms with E-state index in [-0.39, 0.29) is 0 Å². The summed E-state index contributed by atoms with van der Waals surface area (Å²) >= 11 is 0. The van der Waals surface area contributed by atoms with Gasteiger partial charge in [0.25, 0.3) is 0 Å². The van der Waals surface area contributed by atoms with Crippen LogP contribution in [0.1, 0.15) is 16.7 Å². The first-order chi connectivity index (χ1) is 12.6. The molecule has 0 atom stereocenters. The predicted octanol–water partition coefficient (Wildman–Crippen LogP) is 5.80. The van der Waals surface area contributed by atoms with Crippen LogP contribution in [-0.4, -0.2) is 11.7 Å². The quantitative estimate of drug-likeness (QED) is 0.550. The molecule has 0 N–H and O–H groups in total. The smallest absolute Gasteiger partial charge is 0.207 e. The Balaban J connectivity index is 1.90. The van der Waals surface area contributed by atoms with Crippen LogP contribution in [0.25, 0.3) is 4.85 Å². The van der Waals surface area contributed by atoms with Crippen molar-refractivity contribution < 1.29 is 0 Å². The molecule has 1 aliphatic rings. The van der Waals surface area contributed by atoms with Crippen LogP contribution in [0.4, 0.5) is 28.6 Å². The monoisotopic (exact) mass is 340 g/mol. The molecular weight excluding hydrogens is 320 g/mol. The lowest BCUT2D eigenvalue weighted by Crippen LogP contribution is -2.25. The zero-order chi connectivity index (χ0) is 18.3. The first-order valence-corrected chi connectivity index (χ1v) is 8.64. The number of para-hydroxylation sites is 1. The fraction of sp³-hybridized carbons (Fsp3) is 0.182. The second-order valence-corrected chi connectivity index (χ2v) is 6.73. The third-order valence-corrected chi connectivity index (χ3v) is 4.76. The molecule has 0 unspecified atom stereocenters. The molecule has 0 bridgehead atoms. The summed E-state index contributed by atoms with van der Waals surface area (Å²) in [5.41, 5.74) is 7.56. The van der Waals surface area contributed by atoms with Gasteiger partial charge in [0.15, 0.2) is 5.82 Å². The highest BCUT2D eigenvalue weighted by Gasteiger charge is 2.31. The summed E-state index contributed by atoms with van der Waals surface area (Å²) in [6.07, 6.45) is 1.65. The van der Waals surface area contributed by atoms with Gasteiger partial charge in [0.1, 0.15) is 6.67 Å². The van der Waals surface area contributed by atoms with Crippen molar-refractivity contribution in [1.82, 2.24) is 4.98 Å². The number of aryl methyl sites for hydroxylation is 3. The van der Waals surface area contributed by atoms with Crippen LogP contribution in [0.15, 0.2) is 54.7 Å². The summed E-state index contributed by atoms with van der Waals surface area (Å²) in [5, 5.41) is 0. The number of nitrogens with zero attached hydrogens (tertiary/aromatic N) is 4. The molecule has 4 heteroatoms. The van der Waals surface area contributed by atoms with Crippen LogP contribution in [-0.2, 0) is 0 Å². The fourth-order valence-electron chi connectivity index (χ4n) is 3.79. The standard InChI is InChI=1S/C22H20N4/c1-15-10-16(2)21(17(3)11-15)26-14-25(19-8-6-5-7-9-19)22-20(26)12-18(23-4)13-24-22/h5-13H,14H2,1-3H3. The van der Waals surface area contributed by atoms with Crippen molar-refractivity contribution in [2.75, 3.05) is 16.5 Å². The second kappa shape index (κ2) is 6.20. The van der Waals surface area contributed by atoms with Crippen LogP contribution in [0.5, 0.6) is 0 Å². The number of fused-ring (bicyclic) bond motifs is 1. The summed E-state index contributed by atoms with van der Waals surface area (Å²) in [7, 11) is 0. The van der Waals surface area contributed by atoms with Crippen molar-refractivity contribution in [3.8, 4) is 0 Å². The normalized spacial score (nSPS) is 12.8. The molecule has 2 heterocycles. The van der Waals surface area contributed by atoms with E-state index in [1.54, 1.807) is 6.20 Å². The number of rotatable bonds is 2. The Labute approximate surface area is 154 Å². The number of hydrogen-bond acceptors (Lipinski definition) is 3. The van der Waals surface area contributed by atoms with Crippen LogP contribution >= 0.6 is 0 Å². The maximum Gasteiger partial charge on any atom is 0.207 e. The lowest BCUT2D eigenvalue weighted by molar-refractivity contribution is 0.971. The Kier molecular flexibility index (Phi) is 3.85. The minimum atomic E-state index is 0.561. The molecule has 3 aromatic rings. The molecule has 0 radical (unpaired) electrons. The molecule has 1 aromatic heterocycles. The summed E-state index contributed by atoms with van der Waals surface area (Å²) < 4.78 is 0. The van der Waals surface area contributed by atoms with Crippen molar-refractivity contribution in [1.29, 1.82) is 0 Å². The Morgan fingerprint density at radius 1 is 0.962 bits per heavy atom. The first-order valence-electron chi connectivity index (χ1n) is 8.64. The molecular formula is C22H20N4. The summed E-state index contributed by atoms with van der Waals surface area (Å²) in [5.74, 6) is 0.892. The average Bonchev–Trinajstić information content (AvgIpc) is 3.00. The molecule has 26 heavy (non-hydrogen) atoms. The van der Waals surface area contributed by atoms with Gasteiger partial charge in [-0.15, -0.1) is 0 Å². The minimum Gasteiger partial charge on any atom is -0.320 e. The van der Waals surface area contributed by atoms with Gasteiger partial charge in [0.05, 0.1) is 12.3 Å². The van der Waals surface area contributed by atoms with E-state index in [0.29, 0.717) is 12.4 Å². The Morgan fingerprint density at radius 2 is 1.65 bits per heavy atom. The summed E-state index contributed by atoms with van der Waals surface area (Å²) in [4.78, 5) is 12.7.